The Morgan fingerprint density at radius 1 is 1.48 bits per heavy atom. The number of amides is 1. The summed E-state index contributed by atoms with van der Waals surface area (Å²) >= 11 is 0. The average molecular weight is 315 g/mol. The molecule has 1 fully saturated rings. The fourth-order valence-electron chi connectivity index (χ4n) is 2.88. The number of hydrogen-bond donors (Lipinski definition) is 2. The van der Waals surface area contributed by atoms with E-state index in [2.05, 4.69) is 10.6 Å². The number of benzene rings is 1. The number of aryl methyl sites for hydroxylation is 1. The van der Waals surface area contributed by atoms with E-state index in [1.807, 2.05) is 13.8 Å². The van der Waals surface area contributed by atoms with Gasteiger partial charge in [0.2, 0.25) is 5.91 Å². The molecule has 0 spiro atoms. The predicted octanol–water partition coefficient (Wildman–Crippen LogP) is 2.75. The third-order valence-electron chi connectivity index (χ3n) is 4.27. The SMILES string of the molecule is CCC1(C(=O)NCCc2ccc(F)cc2C)CCCN1.Cl. The van der Waals surface area contributed by atoms with Crippen molar-refractivity contribution in [2.45, 2.75) is 45.1 Å². The predicted molar refractivity (Wildman–Crippen MR) is 85.4 cm³/mol. The van der Waals surface area contributed by atoms with E-state index in [4.69, 9.17) is 0 Å². The second kappa shape index (κ2) is 7.76. The van der Waals surface area contributed by atoms with Crippen LogP contribution in [0.1, 0.15) is 37.3 Å². The Balaban J connectivity index is 0.00000220. The van der Waals surface area contributed by atoms with Gasteiger partial charge in [0.05, 0.1) is 5.54 Å². The molecule has 1 unspecified atom stereocenters. The first-order valence-corrected chi connectivity index (χ1v) is 7.36. The van der Waals surface area contributed by atoms with Crippen LogP contribution in [0.25, 0.3) is 0 Å². The van der Waals surface area contributed by atoms with Crippen molar-refractivity contribution in [3.8, 4) is 0 Å². The molecule has 0 saturated carbocycles. The molecule has 2 N–H and O–H groups in total. The zero-order chi connectivity index (χ0) is 14.6. The lowest BCUT2D eigenvalue weighted by molar-refractivity contribution is -0.127. The lowest BCUT2D eigenvalue weighted by atomic mass is 9.93. The molecule has 1 aromatic rings. The van der Waals surface area contributed by atoms with Gasteiger partial charge in [0.15, 0.2) is 0 Å². The summed E-state index contributed by atoms with van der Waals surface area (Å²) in [6.07, 6.45) is 3.51. The normalized spacial score (nSPS) is 20.9. The van der Waals surface area contributed by atoms with Gasteiger partial charge >= 0.3 is 0 Å². The summed E-state index contributed by atoms with van der Waals surface area (Å²) in [5, 5.41) is 6.34. The second-order valence-electron chi connectivity index (χ2n) is 5.54. The lowest BCUT2D eigenvalue weighted by Crippen LogP contribution is -2.53. The highest BCUT2D eigenvalue weighted by Gasteiger charge is 2.38. The highest BCUT2D eigenvalue weighted by molar-refractivity contribution is 5.86. The molecule has 118 valence electrons. The van der Waals surface area contributed by atoms with Gasteiger partial charge in [0.1, 0.15) is 5.82 Å². The summed E-state index contributed by atoms with van der Waals surface area (Å²) in [5.74, 6) is -0.118. The second-order valence-corrected chi connectivity index (χ2v) is 5.54. The van der Waals surface area contributed by atoms with E-state index < -0.39 is 0 Å². The summed E-state index contributed by atoms with van der Waals surface area (Å²) in [6.45, 7) is 5.45. The van der Waals surface area contributed by atoms with E-state index in [-0.39, 0.29) is 29.7 Å². The maximum atomic E-state index is 13.0. The molecule has 1 aromatic carbocycles. The number of hydrogen-bond acceptors (Lipinski definition) is 2. The Bertz CT molecular complexity index is 487. The minimum atomic E-state index is -0.377. The van der Waals surface area contributed by atoms with Crippen LogP contribution >= 0.6 is 12.4 Å². The molecule has 1 aliphatic rings. The largest absolute Gasteiger partial charge is 0.354 e. The first-order chi connectivity index (χ1) is 9.57. The molecule has 1 saturated heterocycles. The van der Waals surface area contributed by atoms with Crippen LogP contribution in [0.4, 0.5) is 4.39 Å². The molecule has 21 heavy (non-hydrogen) atoms. The Labute approximate surface area is 132 Å². The van der Waals surface area contributed by atoms with Crippen molar-refractivity contribution in [1.29, 1.82) is 0 Å². The number of carbonyl (C=O) groups is 1. The van der Waals surface area contributed by atoms with Crippen LogP contribution in [0.5, 0.6) is 0 Å². The van der Waals surface area contributed by atoms with Gasteiger partial charge in [-0.1, -0.05) is 13.0 Å². The van der Waals surface area contributed by atoms with E-state index in [1.165, 1.54) is 12.1 Å². The van der Waals surface area contributed by atoms with Crippen molar-refractivity contribution in [1.82, 2.24) is 10.6 Å². The van der Waals surface area contributed by atoms with E-state index in [1.54, 1.807) is 6.07 Å². The van der Waals surface area contributed by atoms with Crippen molar-refractivity contribution in [3.63, 3.8) is 0 Å². The Morgan fingerprint density at radius 3 is 2.81 bits per heavy atom. The molecule has 0 aromatic heterocycles. The van der Waals surface area contributed by atoms with Crippen LogP contribution in [0, 0.1) is 12.7 Å². The lowest BCUT2D eigenvalue weighted by Gasteiger charge is -2.26. The maximum absolute atomic E-state index is 13.0. The fraction of sp³-hybridized carbons (Fsp3) is 0.562. The first kappa shape index (κ1) is 17.9. The molecule has 5 heteroatoms. The zero-order valence-electron chi connectivity index (χ0n) is 12.7. The summed E-state index contributed by atoms with van der Waals surface area (Å²) in [6, 6.07) is 4.79. The van der Waals surface area contributed by atoms with Crippen molar-refractivity contribution >= 4 is 18.3 Å². The number of nitrogens with one attached hydrogen (secondary N) is 2. The Hall–Kier alpha value is -1.13. The number of rotatable bonds is 5. The quantitative estimate of drug-likeness (QED) is 0.877. The zero-order valence-corrected chi connectivity index (χ0v) is 13.5. The average Bonchev–Trinajstić information content (AvgIpc) is 2.91. The van der Waals surface area contributed by atoms with Crippen molar-refractivity contribution in [3.05, 3.63) is 35.1 Å². The molecule has 0 bridgehead atoms. The molecule has 1 amide bonds. The van der Waals surface area contributed by atoms with Gasteiger partial charge in [-0.3, -0.25) is 4.79 Å². The Morgan fingerprint density at radius 2 is 2.24 bits per heavy atom. The molecule has 1 heterocycles. The van der Waals surface area contributed by atoms with Gasteiger partial charge in [-0.05, 0) is 62.4 Å². The fourth-order valence-corrected chi connectivity index (χ4v) is 2.88. The van der Waals surface area contributed by atoms with Crippen LogP contribution < -0.4 is 10.6 Å². The smallest absolute Gasteiger partial charge is 0.240 e. The highest BCUT2D eigenvalue weighted by Crippen LogP contribution is 2.23. The van der Waals surface area contributed by atoms with Crippen LogP contribution in [0.2, 0.25) is 0 Å². The van der Waals surface area contributed by atoms with Gasteiger partial charge in [0, 0.05) is 6.54 Å². The van der Waals surface area contributed by atoms with E-state index in [0.717, 1.165) is 43.4 Å². The van der Waals surface area contributed by atoms with E-state index in [0.29, 0.717) is 6.54 Å². The molecule has 1 aliphatic heterocycles. The summed E-state index contributed by atoms with van der Waals surface area (Å²) < 4.78 is 13.0. The minimum Gasteiger partial charge on any atom is -0.354 e. The monoisotopic (exact) mass is 314 g/mol. The number of carbonyl (C=O) groups excluding carboxylic acids is 1. The highest BCUT2D eigenvalue weighted by atomic mass is 35.5. The minimum absolute atomic E-state index is 0. The summed E-state index contributed by atoms with van der Waals surface area (Å²) in [4.78, 5) is 12.3. The van der Waals surface area contributed by atoms with Crippen LogP contribution in [-0.2, 0) is 11.2 Å². The number of halogens is 2. The van der Waals surface area contributed by atoms with Crippen LogP contribution in [-0.4, -0.2) is 24.5 Å². The topological polar surface area (TPSA) is 41.1 Å². The summed E-state index contributed by atoms with van der Waals surface area (Å²) in [5.41, 5.74) is 1.64. The van der Waals surface area contributed by atoms with E-state index >= 15 is 0 Å². The molecule has 3 nitrogen and oxygen atoms in total. The summed E-state index contributed by atoms with van der Waals surface area (Å²) in [7, 11) is 0. The first-order valence-electron chi connectivity index (χ1n) is 7.36. The van der Waals surface area contributed by atoms with Crippen LogP contribution in [0.15, 0.2) is 18.2 Å². The van der Waals surface area contributed by atoms with E-state index in [9.17, 15) is 9.18 Å². The molecule has 2 rings (SSSR count). The van der Waals surface area contributed by atoms with Gasteiger partial charge in [0.25, 0.3) is 0 Å². The third kappa shape index (κ3) is 4.17. The molecular weight excluding hydrogens is 291 g/mol. The van der Waals surface area contributed by atoms with Gasteiger partial charge in [-0.25, -0.2) is 4.39 Å². The molecular formula is C16H24ClFN2O. The molecule has 0 radical (unpaired) electrons. The maximum Gasteiger partial charge on any atom is 0.240 e. The van der Waals surface area contributed by atoms with Crippen LogP contribution in [0.3, 0.4) is 0 Å². The van der Waals surface area contributed by atoms with Crippen molar-refractivity contribution < 1.29 is 9.18 Å². The third-order valence-corrected chi connectivity index (χ3v) is 4.27. The van der Waals surface area contributed by atoms with Crippen molar-refractivity contribution in [2.24, 2.45) is 0 Å². The van der Waals surface area contributed by atoms with Gasteiger partial charge in [-0.15, -0.1) is 12.4 Å². The molecule has 1 atom stereocenters. The van der Waals surface area contributed by atoms with Gasteiger partial charge in [-0.2, -0.15) is 0 Å². The Kier molecular flexibility index (Phi) is 6.62. The standard InChI is InChI=1S/C16H23FN2O.ClH/c1-3-16(8-4-9-19-16)15(20)18-10-7-13-5-6-14(17)11-12(13)2;/h5-6,11,19H,3-4,7-10H2,1-2H3,(H,18,20);1H. The van der Waals surface area contributed by atoms with Crippen molar-refractivity contribution in [2.75, 3.05) is 13.1 Å². The molecule has 0 aliphatic carbocycles. The van der Waals surface area contributed by atoms with Gasteiger partial charge < -0.3 is 10.6 Å².